The number of benzene rings is 1. The van der Waals surface area contributed by atoms with Gasteiger partial charge in [-0.15, -0.1) is 0 Å². The molecule has 0 radical (unpaired) electrons. The number of fused-ring (bicyclic) bond motifs is 1. The van der Waals surface area contributed by atoms with Crippen LogP contribution in [0.4, 0.5) is 17.3 Å². The van der Waals surface area contributed by atoms with Crippen molar-refractivity contribution in [1.82, 2.24) is 15.0 Å². The molecular formula is C17H17ClN6O. The highest BCUT2D eigenvalue weighted by atomic mass is 35.5. The number of aromatic nitrogens is 3. The average molecular weight is 357 g/mol. The fraction of sp³-hybridized carbons (Fsp3) is 0.235. The van der Waals surface area contributed by atoms with E-state index in [0.717, 1.165) is 30.1 Å². The summed E-state index contributed by atoms with van der Waals surface area (Å²) in [4.78, 5) is 15.5. The molecule has 4 rings (SSSR count). The molecule has 0 saturated carbocycles. The van der Waals surface area contributed by atoms with Crippen LogP contribution in [0.25, 0.3) is 11.0 Å². The van der Waals surface area contributed by atoms with Crippen molar-refractivity contribution in [2.75, 3.05) is 30.4 Å². The minimum Gasteiger partial charge on any atom is -0.495 e. The number of methoxy groups -OCH3 is 1. The number of hydrogen-bond donors (Lipinski definition) is 2. The molecule has 128 valence electrons. The molecule has 3 N–H and O–H groups in total. The van der Waals surface area contributed by atoms with E-state index in [1.807, 2.05) is 24.3 Å². The van der Waals surface area contributed by atoms with Crippen LogP contribution >= 0.6 is 11.6 Å². The third-order valence-corrected chi connectivity index (χ3v) is 4.43. The van der Waals surface area contributed by atoms with Gasteiger partial charge in [-0.1, -0.05) is 11.6 Å². The van der Waals surface area contributed by atoms with Gasteiger partial charge in [-0.25, -0.2) is 15.0 Å². The summed E-state index contributed by atoms with van der Waals surface area (Å²) in [6.45, 7) is 1.62. The Morgan fingerprint density at radius 3 is 2.84 bits per heavy atom. The van der Waals surface area contributed by atoms with Gasteiger partial charge in [0.15, 0.2) is 5.82 Å². The molecule has 0 aliphatic carbocycles. The first kappa shape index (κ1) is 15.9. The monoisotopic (exact) mass is 356 g/mol. The lowest BCUT2D eigenvalue weighted by Crippen LogP contribution is -2.56. The number of ether oxygens (including phenoxy) is 1. The Morgan fingerprint density at radius 2 is 2.08 bits per heavy atom. The SMILES string of the molecule is COc1cc(Nc2ncnc3ccc(N4CC(N)C4)nc23)ccc1Cl. The van der Waals surface area contributed by atoms with E-state index in [-0.39, 0.29) is 6.04 Å². The zero-order valence-corrected chi connectivity index (χ0v) is 14.4. The maximum atomic E-state index is 6.08. The molecule has 0 atom stereocenters. The van der Waals surface area contributed by atoms with E-state index < -0.39 is 0 Å². The van der Waals surface area contributed by atoms with Crippen molar-refractivity contribution >= 4 is 40.0 Å². The average Bonchev–Trinajstić information content (AvgIpc) is 2.60. The number of nitrogens with one attached hydrogen (secondary N) is 1. The molecule has 0 unspecified atom stereocenters. The quantitative estimate of drug-likeness (QED) is 0.742. The number of hydrogen-bond acceptors (Lipinski definition) is 7. The molecule has 25 heavy (non-hydrogen) atoms. The zero-order chi connectivity index (χ0) is 17.4. The number of anilines is 3. The molecule has 0 spiro atoms. The summed E-state index contributed by atoms with van der Waals surface area (Å²) in [5, 5.41) is 3.82. The summed E-state index contributed by atoms with van der Waals surface area (Å²) in [6.07, 6.45) is 1.51. The molecule has 0 amide bonds. The second kappa shape index (κ2) is 6.34. The predicted molar refractivity (Wildman–Crippen MR) is 98.8 cm³/mol. The van der Waals surface area contributed by atoms with Crippen LogP contribution in [0, 0.1) is 0 Å². The molecular weight excluding hydrogens is 340 g/mol. The van der Waals surface area contributed by atoms with Crippen LogP contribution in [0.15, 0.2) is 36.7 Å². The Balaban J connectivity index is 1.70. The van der Waals surface area contributed by atoms with Crippen molar-refractivity contribution in [3.63, 3.8) is 0 Å². The Bertz CT molecular complexity index is 928. The van der Waals surface area contributed by atoms with Crippen molar-refractivity contribution < 1.29 is 4.74 Å². The van der Waals surface area contributed by atoms with E-state index in [4.69, 9.17) is 27.1 Å². The molecule has 3 aromatic rings. The highest BCUT2D eigenvalue weighted by Gasteiger charge is 2.24. The van der Waals surface area contributed by atoms with Crippen LogP contribution in [-0.2, 0) is 0 Å². The third kappa shape index (κ3) is 3.04. The highest BCUT2D eigenvalue weighted by molar-refractivity contribution is 6.32. The van der Waals surface area contributed by atoms with Gasteiger partial charge in [-0.2, -0.15) is 0 Å². The molecule has 1 fully saturated rings. The normalized spacial score (nSPS) is 14.4. The van der Waals surface area contributed by atoms with Crippen molar-refractivity contribution in [1.29, 1.82) is 0 Å². The lowest BCUT2D eigenvalue weighted by Gasteiger charge is -2.37. The van der Waals surface area contributed by atoms with Crippen LogP contribution < -0.4 is 20.7 Å². The molecule has 7 nitrogen and oxygen atoms in total. The predicted octanol–water partition coefficient (Wildman–Crippen LogP) is 2.58. The summed E-state index contributed by atoms with van der Waals surface area (Å²) in [6, 6.07) is 9.55. The lowest BCUT2D eigenvalue weighted by molar-refractivity contribution is 0.415. The first-order valence-electron chi connectivity index (χ1n) is 7.87. The van der Waals surface area contributed by atoms with Gasteiger partial charge < -0.3 is 20.7 Å². The Kier molecular flexibility index (Phi) is 4.03. The van der Waals surface area contributed by atoms with Crippen molar-refractivity contribution in [2.24, 2.45) is 5.73 Å². The standard InChI is InChI=1S/C17H17ClN6O/c1-25-14-6-11(2-3-12(14)18)22-17-16-13(20-9-21-17)4-5-15(23-16)24-7-10(19)8-24/h2-6,9-10H,7-8,19H2,1H3,(H,20,21,22). The van der Waals surface area contributed by atoms with Gasteiger partial charge in [-0.3, -0.25) is 0 Å². The minimum atomic E-state index is 0.212. The Labute approximate surface area is 149 Å². The van der Waals surface area contributed by atoms with E-state index in [9.17, 15) is 0 Å². The Hall–Kier alpha value is -2.64. The summed E-state index contributed by atoms with van der Waals surface area (Å²) in [5.74, 6) is 2.09. The number of halogens is 1. The van der Waals surface area contributed by atoms with Crippen molar-refractivity contribution in [3.8, 4) is 5.75 Å². The smallest absolute Gasteiger partial charge is 0.160 e. The number of rotatable bonds is 4. The summed E-state index contributed by atoms with van der Waals surface area (Å²) >= 11 is 6.08. The van der Waals surface area contributed by atoms with E-state index in [1.165, 1.54) is 6.33 Å². The van der Waals surface area contributed by atoms with E-state index >= 15 is 0 Å². The maximum Gasteiger partial charge on any atom is 0.160 e. The fourth-order valence-electron chi connectivity index (χ4n) is 2.77. The van der Waals surface area contributed by atoms with Gasteiger partial charge in [0.2, 0.25) is 0 Å². The highest BCUT2D eigenvalue weighted by Crippen LogP contribution is 2.30. The van der Waals surface area contributed by atoms with Gasteiger partial charge in [0.25, 0.3) is 0 Å². The summed E-state index contributed by atoms with van der Waals surface area (Å²) < 4.78 is 5.25. The number of nitrogens with two attached hydrogens (primary N) is 1. The van der Waals surface area contributed by atoms with E-state index in [1.54, 1.807) is 13.2 Å². The van der Waals surface area contributed by atoms with Crippen LogP contribution in [0.1, 0.15) is 0 Å². The van der Waals surface area contributed by atoms with Crippen LogP contribution in [0.3, 0.4) is 0 Å². The van der Waals surface area contributed by atoms with Gasteiger partial charge in [-0.05, 0) is 24.3 Å². The van der Waals surface area contributed by atoms with Crippen molar-refractivity contribution in [3.05, 3.63) is 41.7 Å². The topological polar surface area (TPSA) is 89.2 Å². The maximum absolute atomic E-state index is 6.08. The zero-order valence-electron chi connectivity index (χ0n) is 13.6. The first-order valence-corrected chi connectivity index (χ1v) is 8.24. The largest absolute Gasteiger partial charge is 0.495 e. The van der Waals surface area contributed by atoms with E-state index in [0.29, 0.717) is 22.1 Å². The molecule has 3 heterocycles. The first-order chi connectivity index (χ1) is 12.1. The molecule has 1 aliphatic heterocycles. The second-order valence-corrected chi connectivity index (χ2v) is 6.31. The molecule has 2 aromatic heterocycles. The summed E-state index contributed by atoms with van der Waals surface area (Å²) in [5.41, 5.74) is 8.14. The molecule has 1 saturated heterocycles. The number of nitrogens with zero attached hydrogens (tertiary/aromatic N) is 4. The number of pyridine rings is 1. The van der Waals surface area contributed by atoms with Gasteiger partial charge in [0.05, 0.1) is 17.6 Å². The van der Waals surface area contributed by atoms with Gasteiger partial charge in [0, 0.05) is 30.9 Å². The van der Waals surface area contributed by atoms with Crippen molar-refractivity contribution in [2.45, 2.75) is 6.04 Å². The third-order valence-electron chi connectivity index (χ3n) is 4.11. The fourth-order valence-corrected chi connectivity index (χ4v) is 2.97. The molecule has 1 aromatic carbocycles. The summed E-state index contributed by atoms with van der Waals surface area (Å²) in [7, 11) is 1.58. The van der Waals surface area contributed by atoms with Crippen LogP contribution in [-0.4, -0.2) is 41.2 Å². The second-order valence-electron chi connectivity index (χ2n) is 5.90. The Morgan fingerprint density at radius 1 is 1.24 bits per heavy atom. The minimum absolute atomic E-state index is 0.212. The lowest BCUT2D eigenvalue weighted by atomic mass is 10.1. The van der Waals surface area contributed by atoms with Crippen LogP contribution in [0.2, 0.25) is 5.02 Å². The molecule has 0 bridgehead atoms. The van der Waals surface area contributed by atoms with Gasteiger partial charge in [0.1, 0.15) is 23.4 Å². The molecule has 8 heteroatoms. The van der Waals surface area contributed by atoms with E-state index in [2.05, 4.69) is 20.2 Å². The van der Waals surface area contributed by atoms with Crippen LogP contribution in [0.5, 0.6) is 5.75 Å². The molecule has 1 aliphatic rings. The van der Waals surface area contributed by atoms with Gasteiger partial charge >= 0.3 is 0 Å².